The lowest BCUT2D eigenvalue weighted by Gasteiger charge is -2.20. The molecule has 9 nitrogen and oxygen atoms in total. The second-order valence-corrected chi connectivity index (χ2v) is 8.22. The number of nitrogens with zero attached hydrogens (tertiary/aromatic N) is 2. The summed E-state index contributed by atoms with van der Waals surface area (Å²) in [6, 6.07) is 20.9. The summed E-state index contributed by atoms with van der Waals surface area (Å²) in [6.45, 7) is -0.254. The van der Waals surface area contributed by atoms with Crippen LogP contribution in [0.1, 0.15) is 31.8 Å². The molecule has 0 atom stereocenters. The Morgan fingerprint density at radius 3 is 2.27 bits per heavy atom. The number of carbonyl (C=O) groups is 2. The number of aromatic nitrogens is 1. The predicted molar refractivity (Wildman–Crippen MR) is 140 cm³/mol. The topological polar surface area (TPSA) is 135 Å². The van der Waals surface area contributed by atoms with Crippen molar-refractivity contribution in [1.82, 2.24) is 9.88 Å². The Labute approximate surface area is 213 Å². The quantitative estimate of drug-likeness (QED) is 0.205. The van der Waals surface area contributed by atoms with Gasteiger partial charge in [-0.05, 0) is 30.3 Å². The SMILES string of the molecule is COC(=O)c1ccc2c(C(=Nc3cccc(C(=O)N(CCO)CCO)c3)c3ccccc3)c(O)[nH]c2c1. The van der Waals surface area contributed by atoms with Crippen LogP contribution in [0.2, 0.25) is 0 Å². The Balaban J connectivity index is 1.83. The maximum Gasteiger partial charge on any atom is 0.337 e. The van der Waals surface area contributed by atoms with Crippen LogP contribution in [-0.2, 0) is 4.74 Å². The average Bonchev–Trinajstić information content (AvgIpc) is 3.26. The minimum atomic E-state index is -0.493. The van der Waals surface area contributed by atoms with E-state index in [0.717, 1.165) is 5.56 Å². The number of aromatic hydroxyl groups is 1. The highest BCUT2D eigenvalue weighted by Gasteiger charge is 2.21. The summed E-state index contributed by atoms with van der Waals surface area (Å²) in [5.41, 5.74) is 3.32. The van der Waals surface area contributed by atoms with Crippen molar-refractivity contribution < 1.29 is 29.6 Å². The number of esters is 1. The molecule has 0 saturated heterocycles. The molecule has 0 bridgehead atoms. The minimum Gasteiger partial charge on any atom is -0.494 e. The molecule has 0 fully saturated rings. The fourth-order valence-corrected chi connectivity index (χ4v) is 4.11. The molecule has 9 heteroatoms. The van der Waals surface area contributed by atoms with Gasteiger partial charge >= 0.3 is 5.97 Å². The van der Waals surface area contributed by atoms with Gasteiger partial charge in [0.1, 0.15) is 0 Å². The van der Waals surface area contributed by atoms with Crippen LogP contribution in [0.3, 0.4) is 0 Å². The number of methoxy groups -OCH3 is 1. The van der Waals surface area contributed by atoms with Crippen LogP contribution < -0.4 is 0 Å². The van der Waals surface area contributed by atoms with Crippen molar-refractivity contribution in [3.8, 4) is 5.88 Å². The van der Waals surface area contributed by atoms with Gasteiger partial charge < -0.3 is 29.9 Å². The molecule has 0 saturated carbocycles. The van der Waals surface area contributed by atoms with Crippen LogP contribution in [0.25, 0.3) is 10.9 Å². The van der Waals surface area contributed by atoms with E-state index >= 15 is 0 Å². The van der Waals surface area contributed by atoms with Crippen LogP contribution in [0.5, 0.6) is 5.88 Å². The number of aliphatic imine (C=N–C) groups is 1. The summed E-state index contributed by atoms with van der Waals surface area (Å²) in [6.07, 6.45) is 0. The number of rotatable bonds is 9. The molecule has 0 aliphatic rings. The number of amides is 1. The highest BCUT2D eigenvalue weighted by Crippen LogP contribution is 2.32. The summed E-state index contributed by atoms with van der Waals surface area (Å²) in [4.78, 5) is 34.1. The number of carbonyl (C=O) groups excluding carboxylic acids is 2. The largest absolute Gasteiger partial charge is 0.494 e. The highest BCUT2D eigenvalue weighted by atomic mass is 16.5. The molecular formula is C28H27N3O6. The maximum atomic E-state index is 13.0. The van der Waals surface area contributed by atoms with Gasteiger partial charge in [0.05, 0.1) is 42.8 Å². The number of hydrogen-bond donors (Lipinski definition) is 4. The first-order chi connectivity index (χ1) is 18.0. The number of aliphatic hydroxyl groups excluding tert-OH is 2. The third kappa shape index (κ3) is 5.53. The lowest BCUT2D eigenvalue weighted by atomic mass is 10.00. The zero-order chi connectivity index (χ0) is 26.4. The number of fused-ring (bicyclic) bond motifs is 1. The van der Waals surface area contributed by atoms with Crippen LogP contribution >= 0.6 is 0 Å². The molecule has 1 heterocycles. The lowest BCUT2D eigenvalue weighted by molar-refractivity contribution is 0.0600. The smallest absolute Gasteiger partial charge is 0.337 e. The van der Waals surface area contributed by atoms with Gasteiger partial charge in [-0.2, -0.15) is 0 Å². The summed E-state index contributed by atoms with van der Waals surface area (Å²) in [5.74, 6) is -0.956. The molecule has 0 radical (unpaired) electrons. The van der Waals surface area contributed by atoms with Gasteiger partial charge in [0.25, 0.3) is 5.91 Å². The van der Waals surface area contributed by atoms with E-state index in [4.69, 9.17) is 9.73 Å². The van der Waals surface area contributed by atoms with E-state index in [1.54, 1.807) is 42.5 Å². The third-order valence-electron chi connectivity index (χ3n) is 5.84. The van der Waals surface area contributed by atoms with Crippen molar-refractivity contribution in [2.24, 2.45) is 4.99 Å². The zero-order valence-electron chi connectivity index (χ0n) is 20.2. The molecule has 0 aliphatic heterocycles. The number of hydrogen-bond acceptors (Lipinski definition) is 7. The van der Waals surface area contributed by atoms with Crippen molar-refractivity contribution in [3.05, 3.63) is 95.1 Å². The van der Waals surface area contributed by atoms with E-state index in [0.29, 0.717) is 39.0 Å². The van der Waals surface area contributed by atoms with Crippen LogP contribution in [0.4, 0.5) is 5.69 Å². The Kier molecular flexibility index (Phi) is 7.97. The van der Waals surface area contributed by atoms with E-state index in [-0.39, 0.29) is 38.1 Å². The minimum absolute atomic E-state index is 0.0962. The fraction of sp³-hybridized carbons (Fsp3) is 0.179. The standard InChI is InChI=1S/C28H27N3O6/c1-37-28(36)20-10-11-22-23(17-20)30-26(34)24(22)25(18-6-3-2-4-7-18)29-21-9-5-8-19(16-21)27(35)31(12-14-32)13-15-33/h2-11,16-17,30,32-34H,12-15H2,1H3. The van der Waals surface area contributed by atoms with Gasteiger partial charge in [-0.1, -0.05) is 42.5 Å². The molecule has 1 amide bonds. The average molecular weight is 502 g/mol. The number of H-pyrrole nitrogens is 1. The van der Waals surface area contributed by atoms with Gasteiger partial charge in [0, 0.05) is 35.1 Å². The predicted octanol–water partition coefficient (Wildman–Crippen LogP) is 3.26. The lowest BCUT2D eigenvalue weighted by Crippen LogP contribution is -2.35. The Hall–Kier alpha value is -4.47. The molecule has 4 N–H and O–H groups in total. The molecule has 0 aliphatic carbocycles. The summed E-state index contributed by atoms with van der Waals surface area (Å²) in [7, 11) is 1.30. The first kappa shape index (κ1) is 25.6. The zero-order valence-corrected chi connectivity index (χ0v) is 20.2. The molecule has 1 aromatic heterocycles. The van der Waals surface area contributed by atoms with Crippen molar-refractivity contribution in [2.45, 2.75) is 0 Å². The second kappa shape index (κ2) is 11.5. The van der Waals surface area contributed by atoms with Crippen LogP contribution in [-0.4, -0.2) is 76.2 Å². The van der Waals surface area contributed by atoms with Crippen molar-refractivity contribution >= 4 is 34.2 Å². The third-order valence-corrected chi connectivity index (χ3v) is 5.84. The number of benzene rings is 3. The molecule has 3 aromatic carbocycles. The number of ether oxygens (including phenoxy) is 1. The monoisotopic (exact) mass is 501 g/mol. The molecule has 4 rings (SSSR count). The number of aromatic amines is 1. The molecule has 0 unspecified atom stereocenters. The van der Waals surface area contributed by atoms with Gasteiger partial charge in [0.2, 0.25) is 0 Å². The molecule has 190 valence electrons. The Bertz CT molecular complexity index is 1440. The summed E-state index contributed by atoms with van der Waals surface area (Å²) >= 11 is 0. The van der Waals surface area contributed by atoms with Crippen LogP contribution in [0, 0.1) is 0 Å². The normalized spacial score (nSPS) is 11.5. The van der Waals surface area contributed by atoms with Gasteiger partial charge in [0.15, 0.2) is 5.88 Å². The molecule has 4 aromatic rings. The van der Waals surface area contributed by atoms with Gasteiger partial charge in [-0.15, -0.1) is 0 Å². The maximum absolute atomic E-state index is 13.0. The van der Waals surface area contributed by atoms with E-state index in [1.807, 2.05) is 30.3 Å². The Morgan fingerprint density at radius 1 is 0.892 bits per heavy atom. The fourth-order valence-electron chi connectivity index (χ4n) is 4.11. The molecular weight excluding hydrogens is 474 g/mol. The summed E-state index contributed by atoms with van der Waals surface area (Å²) in [5, 5.41) is 30.1. The van der Waals surface area contributed by atoms with Crippen LogP contribution in [0.15, 0.2) is 77.8 Å². The van der Waals surface area contributed by atoms with Crippen molar-refractivity contribution in [3.63, 3.8) is 0 Å². The van der Waals surface area contributed by atoms with E-state index < -0.39 is 5.97 Å². The number of aliphatic hydroxyl groups is 2. The molecule has 37 heavy (non-hydrogen) atoms. The first-order valence-electron chi connectivity index (χ1n) is 11.7. The first-order valence-corrected chi connectivity index (χ1v) is 11.7. The highest BCUT2D eigenvalue weighted by molar-refractivity contribution is 6.22. The van der Waals surface area contributed by atoms with Gasteiger partial charge in [-0.3, -0.25) is 4.79 Å². The Morgan fingerprint density at radius 2 is 1.59 bits per heavy atom. The summed E-state index contributed by atoms with van der Waals surface area (Å²) < 4.78 is 4.80. The van der Waals surface area contributed by atoms with E-state index in [1.165, 1.54) is 12.0 Å². The van der Waals surface area contributed by atoms with E-state index in [9.17, 15) is 24.9 Å². The van der Waals surface area contributed by atoms with Crippen molar-refractivity contribution in [1.29, 1.82) is 0 Å². The van der Waals surface area contributed by atoms with Crippen molar-refractivity contribution in [2.75, 3.05) is 33.4 Å². The number of nitrogens with one attached hydrogen (secondary N) is 1. The van der Waals surface area contributed by atoms with E-state index in [2.05, 4.69) is 4.98 Å². The second-order valence-electron chi connectivity index (χ2n) is 8.22. The molecule has 0 spiro atoms. The van der Waals surface area contributed by atoms with Gasteiger partial charge in [-0.25, -0.2) is 9.79 Å².